The van der Waals surface area contributed by atoms with Crippen LogP contribution in [-0.4, -0.2) is 8.07 Å². The van der Waals surface area contributed by atoms with Crippen molar-refractivity contribution in [3.63, 3.8) is 0 Å². The minimum absolute atomic E-state index is 0.970. The van der Waals surface area contributed by atoms with Crippen molar-refractivity contribution in [2.24, 2.45) is 0 Å². The summed E-state index contributed by atoms with van der Waals surface area (Å²) in [4.78, 5) is 0. The molecule has 0 bridgehead atoms. The molecule has 33 heavy (non-hydrogen) atoms. The van der Waals surface area contributed by atoms with Gasteiger partial charge in [-0.15, -0.1) is 0 Å². The lowest BCUT2D eigenvalue weighted by molar-refractivity contribution is 0.669. The number of hydrogen-bond acceptors (Lipinski definition) is 1. The molecule has 1 heterocycles. The largest absolute Gasteiger partial charge is 0.455 e. The van der Waals surface area contributed by atoms with Gasteiger partial charge in [0.2, 0.25) is 0 Å². The van der Waals surface area contributed by atoms with Crippen molar-refractivity contribution in [1.29, 1.82) is 0 Å². The first-order valence-electron chi connectivity index (χ1n) is 11.1. The maximum absolute atomic E-state index is 6.71. The van der Waals surface area contributed by atoms with E-state index in [9.17, 15) is 0 Å². The summed E-state index contributed by atoms with van der Waals surface area (Å²) in [5, 5.41) is 7.70. The Bertz CT molecular complexity index is 1460. The molecular formula is C30H21IOSi. The van der Waals surface area contributed by atoms with E-state index >= 15 is 0 Å². The lowest BCUT2D eigenvalue weighted by Crippen LogP contribution is -2.74. The number of hydrogen-bond donors (Lipinski definition) is 0. The Morgan fingerprint density at radius 1 is 0.455 bits per heavy atom. The maximum atomic E-state index is 6.71. The molecule has 0 unspecified atom stereocenters. The van der Waals surface area contributed by atoms with Crippen molar-refractivity contribution in [3.8, 4) is 0 Å². The molecule has 158 valence electrons. The Balaban J connectivity index is 1.83. The van der Waals surface area contributed by atoms with E-state index in [0.717, 1.165) is 14.7 Å². The SMILES string of the molecule is Ic1cccc2c1oc1c([Si](c3ccccc3)(c3ccccc3)c3ccccc3)cccc12. The summed E-state index contributed by atoms with van der Waals surface area (Å²) in [7, 11) is -2.64. The zero-order chi connectivity index (χ0) is 22.3. The fourth-order valence-corrected chi connectivity index (χ4v) is 10.6. The molecule has 0 saturated heterocycles. The molecule has 0 amide bonds. The zero-order valence-corrected chi connectivity index (χ0v) is 21.1. The summed E-state index contributed by atoms with van der Waals surface area (Å²) in [6.07, 6.45) is 0. The van der Waals surface area contributed by atoms with E-state index < -0.39 is 8.07 Å². The van der Waals surface area contributed by atoms with Gasteiger partial charge in [0.15, 0.2) is 8.07 Å². The van der Waals surface area contributed by atoms with Gasteiger partial charge >= 0.3 is 0 Å². The fourth-order valence-electron chi connectivity index (χ4n) is 5.11. The van der Waals surface area contributed by atoms with Gasteiger partial charge in [-0.25, -0.2) is 0 Å². The van der Waals surface area contributed by atoms with Crippen LogP contribution in [0.2, 0.25) is 0 Å². The van der Waals surface area contributed by atoms with Crippen LogP contribution in [0.3, 0.4) is 0 Å². The lowest BCUT2D eigenvalue weighted by Gasteiger charge is -2.34. The van der Waals surface area contributed by atoms with E-state index in [-0.39, 0.29) is 0 Å². The van der Waals surface area contributed by atoms with E-state index in [1.807, 2.05) is 0 Å². The monoisotopic (exact) mass is 552 g/mol. The molecule has 1 nitrogen and oxygen atoms in total. The summed E-state index contributed by atoms with van der Waals surface area (Å²) in [6, 6.07) is 46.1. The second-order valence-electron chi connectivity index (χ2n) is 8.25. The standard InChI is InChI=1S/C30H21IOSi/c31-27-20-10-18-25-26-19-11-21-28(30(26)32-29(25)27)33(22-12-4-1-5-13-22,23-14-6-2-7-15-23)24-16-8-3-9-17-24/h1-21H. The summed E-state index contributed by atoms with van der Waals surface area (Å²) in [5.74, 6) is 0. The van der Waals surface area contributed by atoms with Crippen LogP contribution in [0.25, 0.3) is 21.9 Å². The minimum atomic E-state index is -2.64. The van der Waals surface area contributed by atoms with E-state index in [1.165, 1.54) is 31.5 Å². The number of rotatable bonds is 4. The van der Waals surface area contributed by atoms with Crippen molar-refractivity contribution >= 4 is 73.4 Å². The van der Waals surface area contributed by atoms with Crippen molar-refractivity contribution in [3.05, 3.63) is 131 Å². The van der Waals surface area contributed by atoms with Crippen LogP contribution in [0, 0.1) is 3.57 Å². The van der Waals surface area contributed by atoms with Crippen molar-refractivity contribution in [2.75, 3.05) is 0 Å². The molecule has 0 saturated carbocycles. The van der Waals surface area contributed by atoms with Crippen LogP contribution < -0.4 is 20.7 Å². The zero-order valence-electron chi connectivity index (χ0n) is 17.9. The van der Waals surface area contributed by atoms with Crippen molar-refractivity contribution < 1.29 is 4.42 Å². The summed E-state index contributed by atoms with van der Waals surface area (Å²) in [5.41, 5.74) is 1.97. The van der Waals surface area contributed by atoms with E-state index in [4.69, 9.17) is 4.42 Å². The first kappa shape index (κ1) is 20.5. The van der Waals surface area contributed by atoms with Crippen molar-refractivity contribution in [2.45, 2.75) is 0 Å². The molecule has 0 N–H and O–H groups in total. The quantitative estimate of drug-likeness (QED) is 0.159. The highest BCUT2D eigenvalue weighted by Gasteiger charge is 2.43. The molecule has 0 atom stereocenters. The van der Waals surface area contributed by atoms with Crippen LogP contribution in [0.15, 0.2) is 132 Å². The number of fused-ring (bicyclic) bond motifs is 3. The predicted octanol–water partition coefficient (Wildman–Crippen LogP) is 5.57. The second-order valence-corrected chi connectivity index (χ2v) is 13.2. The van der Waals surface area contributed by atoms with Crippen LogP contribution in [0.5, 0.6) is 0 Å². The van der Waals surface area contributed by atoms with Gasteiger partial charge in [-0.2, -0.15) is 0 Å². The van der Waals surface area contributed by atoms with Gasteiger partial charge in [0.1, 0.15) is 11.2 Å². The van der Waals surface area contributed by atoms with Crippen LogP contribution in [0.1, 0.15) is 0 Å². The number of benzene rings is 5. The van der Waals surface area contributed by atoms with Gasteiger partial charge in [0, 0.05) is 10.8 Å². The molecule has 0 aliphatic heterocycles. The van der Waals surface area contributed by atoms with E-state index in [0.29, 0.717) is 0 Å². The third kappa shape index (κ3) is 3.18. The Labute approximate surface area is 207 Å². The highest BCUT2D eigenvalue weighted by Crippen LogP contribution is 2.31. The topological polar surface area (TPSA) is 13.1 Å². The van der Waals surface area contributed by atoms with E-state index in [1.54, 1.807) is 0 Å². The fraction of sp³-hybridized carbons (Fsp3) is 0. The molecule has 6 rings (SSSR count). The smallest absolute Gasteiger partial charge is 0.184 e. The molecule has 0 aliphatic rings. The van der Waals surface area contributed by atoms with Gasteiger partial charge < -0.3 is 4.42 Å². The number of para-hydroxylation sites is 2. The third-order valence-corrected chi connectivity index (χ3v) is 12.2. The first-order valence-corrected chi connectivity index (χ1v) is 14.1. The lowest BCUT2D eigenvalue weighted by atomic mass is 10.1. The maximum Gasteiger partial charge on any atom is 0.184 e. The predicted molar refractivity (Wildman–Crippen MR) is 150 cm³/mol. The highest BCUT2D eigenvalue weighted by atomic mass is 127. The summed E-state index contributed by atoms with van der Waals surface area (Å²) < 4.78 is 7.85. The van der Waals surface area contributed by atoms with Gasteiger partial charge in [-0.05, 0) is 49.4 Å². The Kier molecular flexibility index (Phi) is 5.16. The molecule has 0 spiro atoms. The van der Waals surface area contributed by atoms with Crippen LogP contribution >= 0.6 is 22.6 Å². The number of furan rings is 1. The van der Waals surface area contributed by atoms with Gasteiger partial charge in [0.05, 0.1) is 3.57 Å². The van der Waals surface area contributed by atoms with Crippen molar-refractivity contribution in [1.82, 2.24) is 0 Å². The Morgan fingerprint density at radius 2 is 0.909 bits per heavy atom. The molecule has 0 radical (unpaired) electrons. The van der Waals surface area contributed by atoms with Gasteiger partial charge in [-0.1, -0.05) is 121 Å². The van der Waals surface area contributed by atoms with Crippen LogP contribution in [-0.2, 0) is 0 Å². The number of halogens is 1. The molecular weight excluding hydrogens is 531 g/mol. The minimum Gasteiger partial charge on any atom is -0.455 e. The average molecular weight is 552 g/mol. The molecule has 1 aromatic heterocycles. The van der Waals surface area contributed by atoms with Gasteiger partial charge in [0.25, 0.3) is 0 Å². The molecule has 5 aromatic carbocycles. The third-order valence-electron chi connectivity index (χ3n) is 6.50. The second kappa shape index (κ2) is 8.32. The Morgan fingerprint density at radius 3 is 1.42 bits per heavy atom. The summed E-state index contributed by atoms with van der Waals surface area (Å²) >= 11 is 2.38. The van der Waals surface area contributed by atoms with E-state index in [2.05, 4.69) is 150 Å². The Hall–Kier alpha value is -3.15. The first-order chi connectivity index (χ1) is 16.3. The molecule has 3 heteroatoms. The van der Waals surface area contributed by atoms with Gasteiger partial charge in [-0.3, -0.25) is 0 Å². The normalized spacial score (nSPS) is 11.8. The molecule has 0 fully saturated rings. The van der Waals surface area contributed by atoms with Crippen LogP contribution in [0.4, 0.5) is 0 Å². The summed E-state index contributed by atoms with van der Waals surface area (Å²) in [6.45, 7) is 0. The molecule has 6 aromatic rings. The highest BCUT2D eigenvalue weighted by molar-refractivity contribution is 14.1. The molecule has 0 aliphatic carbocycles. The average Bonchev–Trinajstić information content (AvgIpc) is 3.28.